The van der Waals surface area contributed by atoms with Crippen LogP contribution in [0.4, 0.5) is 13.2 Å². The van der Waals surface area contributed by atoms with E-state index < -0.39 is 46.7 Å². The third-order valence-corrected chi connectivity index (χ3v) is 8.63. The molecule has 0 radical (unpaired) electrons. The number of aliphatic carboxylic acids is 1. The number of alkyl halides is 3. The average molecular weight is 620 g/mol. The number of carbonyl (C=O) groups excluding carboxylic acids is 2. The van der Waals surface area contributed by atoms with Crippen molar-refractivity contribution in [3.8, 4) is 5.75 Å². The Balaban J connectivity index is 1.45. The number of hydrogen-bond donors (Lipinski definition) is 2. The highest BCUT2D eigenvalue weighted by molar-refractivity contribution is 5.96. The van der Waals surface area contributed by atoms with Crippen molar-refractivity contribution >= 4 is 17.8 Å². The van der Waals surface area contributed by atoms with E-state index in [4.69, 9.17) is 9.84 Å². The van der Waals surface area contributed by atoms with Crippen molar-refractivity contribution in [1.82, 2.24) is 14.8 Å². The molecule has 2 aliphatic rings. The minimum Gasteiger partial charge on any atom is -0.493 e. The van der Waals surface area contributed by atoms with Crippen molar-refractivity contribution in [3.05, 3.63) is 59.4 Å². The number of unbranched alkanes of at least 4 members (excludes halogenated alkanes) is 1. The van der Waals surface area contributed by atoms with Gasteiger partial charge in [-0.1, -0.05) is 31.5 Å². The maximum Gasteiger partial charge on any atom is 0.417 e. The van der Waals surface area contributed by atoms with Gasteiger partial charge in [-0.2, -0.15) is 13.2 Å². The van der Waals surface area contributed by atoms with Gasteiger partial charge in [0.05, 0.1) is 29.3 Å². The van der Waals surface area contributed by atoms with Crippen LogP contribution < -0.4 is 4.74 Å². The standard InChI is InChI=1S/C32H40F3N3O6/c1-2-8-26-22(9-7-17-38(26)30(42)23-21-36-16-13-24(23)32(33,34)35)29(41)37-18-14-31(43,15-19-37)25-10-3-4-11-27(25)44-20-6-5-12-28(39)40/h3-4,10-11,13,16,21-22,26,43H,2,5-9,12,14-15,17-20H2,1H3,(H,39,40). The van der Waals surface area contributed by atoms with Crippen LogP contribution in [-0.4, -0.2) is 75.1 Å². The van der Waals surface area contributed by atoms with Crippen molar-refractivity contribution < 1.29 is 42.5 Å². The summed E-state index contributed by atoms with van der Waals surface area (Å²) in [5.41, 5.74) is -2.18. The van der Waals surface area contributed by atoms with Crippen molar-refractivity contribution in [2.45, 2.75) is 82.5 Å². The van der Waals surface area contributed by atoms with Gasteiger partial charge in [-0.15, -0.1) is 0 Å². The fourth-order valence-corrected chi connectivity index (χ4v) is 6.35. The number of likely N-dealkylation sites (tertiary alicyclic amines) is 2. The van der Waals surface area contributed by atoms with E-state index in [-0.39, 0.29) is 44.8 Å². The zero-order valence-corrected chi connectivity index (χ0v) is 24.9. The van der Waals surface area contributed by atoms with Gasteiger partial charge in [0, 0.05) is 50.1 Å². The number of hydrogen-bond acceptors (Lipinski definition) is 6. The third-order valence-electron chi connectivity index (χ3n) is 8.63. The minimum atomic E-state index is -4.71. The van der Waals surface area contributed by atoms with Gasteiger partial charge in [0.15, 0.2) is 0 Å². The van der Waals surface area contributed by atoms with Gasteiger partial charge in [-0.25, -0.2) is 0 Å². The Morgan fingerprint density at radius 1 is 1.09 bits per heavy atom. The number of aliphatic hydroxyl groups is 1. The number of rotatable bonds is 11. The van der Waals surface area contributed by atoms with E-state index >= 15 is 0 Å². The lowest BCUT2D eigenvalue weighted by atomic mass is 9.81. The molecular weight excluding hydrogens is 579 g/mol. The van der Waals surface area contributed by atoms with Crippen LogP contribution in [0.2, 0.25) is 0 Å². The first kappa shape index (κ1) is 33.2. The summed E-state index contributed by atoms with van der Waals surface area (Å²) in [6, 6.07) is 7.40. The highest BCUT2D eigenvalue weighted by atomic mass is 19.4. The molecule has 9 nitrogen and oxygen atoms in total. The van der Waals surface area contributed by atoms with E-state index in [2.05, 4.69) is 4.98 Å². The Morgan fingerprint density at radius 3 is 2.50 bits per heavy atom. The van der Waals surface area contributed by atoms with Gasteiger partial charge in [0.2, 0.25) is 5.91 Å². The van der Waals surface area contributed by atoms with E-state index in [0.717, 1.165) is 18.5 Å². The first-order valence-electron chi connectivity index (χ1n) is 15.2. The lowest BCUT2D eigenvalue weighted by Crippen LogP contribution is -2.55. The number of nitrogens with zero attached hydrogens (tertiary/aromatic N) is 3. The Bertz CT molecular complexity index is 1310. The molecule has 1 aromatic heterocycles. The Morgan fingerprint density at radius 2 is 1.82 bits per heavy atom. The molecule has 2 fully saturated rings. The second-order valence-corrected chi connectivity index (χ2v) is 11.6. The Hall–Kier alpha value is -3.67. The number of piperidine rings is 2. The summed E-state index contributed by atoms with van der Waals surface area (Å²) in [4.78, 5) is 45.0. The number of amides is 2. The molecule has 2 amide bonds. The van der Waals surface area contributed by atoms with Crippen LogP contribution in [0.3, 0.4) is 0 Å². The summed E-state index contributed by atoms with van der Waals surface area (Å²) in [6.07, 6.45) is 0.976. The van der Waals surface area contributed by atoms with Crippen LogP contribution in [0, 0.1) is 5.92 Å². The molecule has 2 saturated heterocycles. The predicted octanol–water partition coefficient (Wildman–Crippen LogP) is 5.27. The molecule has 0 bridgehead atoms. The second-order valence-electron chi connectivity index (χ2n) is 11.6. The van der Waals surface area contributed by atoms with Crippen molar-refractivity contribution in [1.29, 1.82) is 0 Å². The van der Waals surface area contributed by atoms with Crippen molar-refractivity contribution in [2.75, 3.05) is 26.2 Å². The number of halogens is 3. The van der Waals surface area contributed by atoms with Crippen LogP contribution >= 0.6 is 0 Å². The van der Waals surface area contributed by atoms with Gasteiger partial charge >= 0.3 is 12.1 Å². The summed E-state index contributed by atoms with van der Waals surface area (Å²) >= 11 is 0. The zero-order valence-electron chi connectivity index (χ0n) is 24.9. The van der Waals surface area contributed by atoms with Crippen LogP contribution in [0.5, 0.6) is 5.75 Å². The van der Waals surface area contributed by atoms with Gasteiger partial charge in [-0.05, 0) is 57.1 Å². The zero-order chi connectivity index (χ0) is 31.9. The normalized spacial score (nSPS) is 20.3. The molecule has 2 unspecified atom stereocenters. The minimum absolute atomic E-state index is 0.0584. The maximum atomic E-state index is 13.9. The monoisotopic (exact) mass is 619 g/mol. The van der Waals surface area contributed by atoms with Crippen molar-refractivity contribution in [3.63, 3.8) is 0 Å². The van der Waals surface area contributed by atoms with E-state index in [0.29, 0.717) is 56.4 Å². The molecule has 2 N–H and O–H groups in total. The van der Waals surface area contributed by atoms with Gasteiger partial charge < -0.3 is 24.7 Å². The fraction of sp³-hybridized carbons (Fsp3) is 0.562. The Labute approximate surface area is 255 Å². The molecule has 44 heavy (non-hydrogen) atoms. The summed E-state index contributed by atoms with van der Waals surface area (Å²) < 4.78 is 47.0. The largest absolute Gasteiger partial charge is 0.493 e. The quantitative estimate of drug-likeness (QED) is 0.329. The molecule has 4 rings (SSSR count). The SMILES string of the molecule is CCCC1C(C(=O)N2CCC(O)(c3ccccc3OCCCCC(=O)O)CC2)CCCN1C(=O)c1cnccc1C(F)(F)F. The number of pyridine rings is 1. The number of carbonyl (C=O) groups is 3. The predicted molar refractivity (Wildman–Crippen MR) is 155 cm³/mol. The smallest absolute Gasteiger partial charge is 0.417 e. The topological polar surface area (TPSA) is 120 Å². The van der Waals surface area contributed by atoms with E-state index in [1.807, 2.05) is 6.92 Å². The van der Waals surface area contributed by atoms with E-state index in [1.165, 1.54) is 4.90 Å². The number of carboxylic acids is 1. The first-order valence-corrected chi connectivity index (χ1v) is 15.2. The highest BCUT2D eigenvalue weighted by Crippen LogP contribution is 2.40. The third kappa shape index (κ3) is 7.69. The van der Waals surface area contributed by atoms with E-state index in [9.17, 15) is 32.7 Å². The Kier molecular flexibility index (Phi) is 10.9. The molecule has 2 atom stereocenters. The number of carboxylic acid groups (broad SMARTS) is 1. The van der Waals surface area contributed by atoms with Gasteiger partial charge in [0.1, 0.15) is 5.75 Å². The molecule has 1 aromatic carbocycles. The molecule has 0 aliphatic carbocycles. The molecule has 12 heteroatoms. The molecule has 0 spiro atoms. The molecule has 240 valence electrons. The van der Waals surface area contributed by atoms with Crippen LogP contribution in [0.25, 0.3) is 0 Å². The summed E-state index contributed by atoms with van der Waals surface area (Å²) in [5, 5.41) is 20.5. The summed E-state index contributed by atoms with van der Waals surface area (Å²) in [5.74, 6) is -1.84. The lowest BCUT2D eigenvalue weighted by Gasteiger charge is -2.45. The van der Waals surface area contributed by atoms with E-state index in [1.54, 1.807) is 29.2 Å². The average Bonchev–Trinajstić information content (AvgIpc) is 3.00. The lowest BCUT2D eigenvalue weighted by molar-refractivity contribution is -0.144. The number of ether oxygens (including phenoxy) is 1. The molecular formula is C32H40F3N3O6. The summed E-state index contributed by atoms with van der Waals surface area (Å²) in [6.45, 7) is 3.02. The number of para-hydroxylation sites is 1. The van der Waals surface area contributed by atoms with Crippen molar-refractivity contribution in [2.24, 2.45) is 5.92 Å². The molecule has 0 saturated carbocycles. The molecule has 2 aliphatic heterocycles. The van der Waals surface area contributed by atoms with Gasteiger partial charge in [0.25, 0.3) is 5.91 Å². The van der Waals surface area contributed by atoms with Gasteiger partial charge in [-0.3, -0.25) is 19.4 Å². The molecule has 2 aromatic rings. The number of benzene rings is 1. The van der Waals surface area contributed by atoms with Crippen LogP contribution in [0.15, 0.2) is 42.7 Å². The fourth-order valence-electron chi connectivity index (χ4n) is 6.35. The highest BCUT2D eigenvalue weighted by Gasteiger charge is 2.44. The molecule has 3 heterocycles. The van der Waals surface area contributed by atoms with Crippen LogP contribution in [-0.2, 0) is 21.4 Å². The second kappa shape index (κ2) is 14.4. The van der Waals surface area contributed by atoms with Crippen LogP contribution in [0.1, 0.15) is 86.2 Å². The maximum absolute atomic E-state index is 13.9. The summed E-state index contributed by atoms with van der Waals surface area (Å²) in [7, 11) is 0. The number of aromatic nitrogens is 1. The first-order chi connectivity index (χ1) is 21.0.